The van der Waals surface area contributed by atoms with Gasteiger partial charge >= 0.3 is 0 Å². The van der Waals surface area contributed by atoms with Crippen LogP contribution < -0.4 is 5.73 Å². The van der Waals surface area contributed by atoms with Gasteiger partial charge in [-0.1, -0.05) is 0 Å². The molecular weight excluding hydrogens is 258 g/mol. The molecule has 2 saturated heterocycles. The molecule has 6 heteroatoms. The molecule has 0 saturated carbocycles. The number of rotatable bonds is 3. The van der Waals surface area contributed by atoms with E-state index in [9.17, 15) is 9.59 Å². The van der Waals surface area contributed by atoms with E-state index in [1.54, 1.807) is 4.90 Å². The van der Waals surface area contributed by atoms with E-state index in [1.165, 1.54) is 0 Å². The Morgan fingerprint density at radius 1 is 1.20 bits per heavy atom. The third-order valence-electron chi connectivity index (χ3n) is 3.76. The summed E-state index contributed by atoms with van der Waals surface area (Å²) in [5.74, 6) is 0.149. The van der Waals surface area contributed by atoms with E-state index in [0.717, 1.165) is 12.8 Å². The second-order valence-corrected chi connectivity index (χ2v) is 6.37. The van der Waals surface area contributed by atoms with Crippen molar-refractivity contribution in [3.63, 3.8) is 0 Å². The van der Waals surface area contributed by atoms with Crippen LogP contribution in [-0.4, -0.2) is 66.0 Å². The Kier molecular flexibility index (Phi) is 4.65. The van der Waals surface area contributed by atoms with E-state index in [1.807, 2.05) is 18.7 Å². The maximum Gasteiger partial charge on any atom is 0.251 e. The van der Waals surface area contributed by atoms with Gasteiger partial charge in [0.05, 0.1) is 0 Å². The van der Waals surface area contributed by atoms with Crippen molar-refractivity contribution >= 4 is 11.8 Å². The van der Waals surface area contributed by atoms with Crippen molar-refractivity contribution in [2.45, 2.75) is 44.8 Å². The molecule has 1 atom stereocenters. The first-order chi connectivity index (χ1) is 9.37. The lowest BCUT2D eigenvalue weighted by atomic mass is 10.0. The zero-order valence-corrected chi connectivity index (χ0v) is 12.4. The van der Waals surface area contributed by atoms with E-state index in [-0.39, 0.29) is 17.9 Å². The Bertz CT molecular complexity index is 364. The number of amides is 2. The van der Waals surface area contributed by atoms with Gasteiger partial charge in [0.25, 0.3) is 5.91 Å². The summed E-state index contributed by atoms with van der Waals surface area (Å²) in [5, 5.41) is 0. The van der Waals surface area contributed by atoms with Crippen LogP contribution in [0.3, 0.4) is 0 Å². The summed E-state index contributed by atoms with van der Waals surface area (Å²) in [6, 6.07) is 0. The molecule has 2 aliphatic rings. The van der Waals surface area contributed by atoms with Crippen molar-refractivity contribution in [1.82, 2.24) is 9.80 Å². The largest absolute Gasteiger partial charge is 0.368 e. The minimum atomic E-state index is -0.484. The number of carbonyl (C=O) groups is 2. The van der Waals surface area contributed by atoms with E-state index >= 15 is 0 Å². The third kappa shape index (κ3) is 3.93. The average Bonchev–Trinajstić information content (AvgIpc) is 2.90. The predicted molar refractivity (Wildman–Crippen MR) is 75.0 cm³/mol. The zero-order chi connectivity index (χ0) is 14.8. The lowest BCUT2D eigenvalue weighted by Crippen LogP contribution is -2.54. The summed E-state index contributed by atoms with van der Waals surface area (Å²) in [6.45, 7) is 6.75. The van der Waals surface area contributed by atoms with Gasteiger partial charge in [-0.05, 0) is 26.7 Å². The van der Waals surface area contributed by atoms with Crippen LogP contribution in [0.25, 0.3) is 0 Å². The fraction of sp³-hybridized carbons (Fsp3) is 0.857. The summed E-state index contributed by atoms with van der Waals surface area (Å²) in [4.78, 5) is 27.9. The topological polar surface area (TPSA) is 75.9 Å². The van der Waals surface area contributed by atoms with Crippen molar-refractivity contribution < 1.29 is 14.3 Å². The summed E-state index contributed by atoms with van der Waals surface area (Å²) in [5.41, 5.74) is 5.39. The Hall–Kier alpha value is -1.14. The molecule has 0 aromatic heterocycles. The molecule has 0 aromatic carbocycles. The lowest BCUT2D eigenvalue weighted by molar-refractivity contribution is -0.146. The van der Waals surface area contributed by atoms with Crippen LogP contribution in [0.2, 0.25) is 0 Å². The van der Waals surface area contributed by atoms with Crippen molar-refractivity contribution in [3.8, 4) is 0 Å². The molecule has 6 nitrogen and oxygen atoms in total. The van der Waals surface area contributed by atoms with Crippen LogP contribution in [0.15, 0.2) is 0 Å². The van der Waals surface area contributed by atoms with E-state index < -0.39 is 5.54 Å². The molecule has 2 heterocycles. The van der Waals surface area contributed by atoms with Crippen LogP contribution in [0.4, 0.5) is 0 Å². The molecule has 0 aromatic rings. The minimum absolute atomic E-state index is 0.0710. The number of hydrogen-bond donors (Lipinski definition) is 1. The van der Waals surface area contributed by atoms with Gasteiger partial charge in [0, 0.05) is 44.7 Å². The Balaban J connectivity index is 1.80. The Morgan fingerprint density at radius 3 is 2.30 bits per heavy atom. The lowest BCUT2D eigenvalue weighted by Gasteiger charge is -2.36. The first-order valence-corrected chi connectivity index (χ1v) is 7.34. The summed E-state index contributed by atoms with van der Waals surface area (Å²) >= 11 is 0. The smallest absolute Gasteiger partial charge is 0.251 e. The highest BCUT2D eigenvalue weighted by molar-refractivity contribution is 5.82. The number of nitrogens with zero attached hydrogens (tertiary/aromatic N) is 2. The summed E-state index contributed by atoms with van der Waals surface area (Å²) in [6.07, 6.45) is 1.85. The van der Waals surface area contributed by atoms with Gasteiger partial charge in [-0.15, -0.1) is 0 Å². The maximum absolute atomic E-state index is 12.2. The van der Waals surface area contributed by atoms with Crippen molar-refractivity contribution in [2.24, 2.45) is 5.73 Å². The third-order valence-corrected chi connectivity index (χ3v) is 3.76. The van der Waals surface area contributed by atoms with E-state index in [2.05, 4.69) is 0 Å². The molecule has 0 aliphatic carbocycles. The van der Waals surface area contributed by atoms with Crippen LogP contribution >= 0.6 is 0 Å². The number of carbonyl (C=O) groups excluding carboxylic acids is 2. The number of ether oxygens (including phenoxy) is 1. The standard InChI is InChI=1S/C14H25N3O3/c1-14(2,15)10-12(18)16-5-7-17(8-6-16)13(19)11-4-3-9-20-11/h11H,3-10,15H2,1-2H3. The van der Waals surface area contributed by atoms with Crippen molar-refractivity contribution in [3.05, 3.63) is 0 Å². The van der Waals surface area contributed by atoms with Crippen molar-refractivity contribution in [2.75, 3.05) is 32.8 Å². The second-order valence-electron chi connectivity index (χ2n) is 6.37. The first-order valence-electron chi connectivity index (χ1n) is 7.34. The monoisotopic (exact) mass is 283 g/mol. The van der Waals surface area contributed by atoms with E-state index in [0.29, 0.717) is 39.2 Å². The van der Waals surface area contributed by atoms with Gasteiger partial charge in [-0.2, -0.15) is 0 Å². The van der Waals surface area contributed by atoms with Crippen LogP contribution in [0.1, 0.15) is 33.1 Å². The molecule has 2 N–H and O–H groups in total. The molecule has 2 amide bonds. The second kappa shape index (κ2) is 6.10. The highest BCUT2D eigenvalue weighted by Gasteiger charge is 2.31. The molecule has 0 radical (unpaired) electrons. The molecule has 2 rings (SSSR count). The number of nitrogens with two attached hydrogens (primary N) is 1. The van der Waals surface area contributed by atoms with Gasteiger partial charge in [0.15, 0.2) is 0 Å². The SMILES string of the molecule is CC(C)(N)CC(=O)N1CCN(C(=O)C2CCCO2)CC1. The number of hydrogen-bond acceptors (Lipinski definition) is 4. The summed E-state index contributed by atoms with van der Waals surface area (Å²) < 4.78 is 5.42. The Morgan fingerprint density at radius 2 is 1.80 bits per heavy atom. The van der Waals surface area contributed by atoms with Crippen molar-refractivity contribution in [1.29, 1.82) is 0 Å². The molecule has 20 heavy (non-hydrogen) atoms. The molecule has 0 spiro atoms. The molecular formula is C14H25N3O3. The molecule has 114 valence electrons. The highest BCUT2D eigenvalue weighted by atomic mass is 16.5. The van der Waals surface area contributed by atoms with Gasteiger partial charge in [0.1, 0.15) is 6.10 Å². The molecule has 0 bridgehead atoms. The quantitative estimate of drug-likeness (QED) is 0.789. The fourth-order valence-corrected chi connectivity index (χ4v) is 2.65. The van der Waals surface area contributed by atoms with Crippen LogP contribution in [0, 0.1) is 0 Å². The normalized spacial score (nSPS) is 24.1. The van der Waals surface area contributed by atoms with Crippen LogP contribution in [0.5, 0.6) is 0 Å². The van der Waals surface area contributed by atoms with Gasteiger partial charge < -0.3 is 20.3 Å². The predicted octanol–water partition coefficient (Wildman–Crippen LogP) is -0.0364. The van der Waals surface area contributed by atoms with Gasteiger partial charge in [0.2, 0.25) is 5.91 Å². The number of piperazine rings is 1. The van der Waals surface area contributed by atoms with E-state index in [4.69, 9.17) is 10.5 Å². The fourth-order valence-electron chi connectivity index (χ4n) is 2.65. The molecule has 1 unspecified atom stereocenters. The minimum Gasteiger partial charge on any atom is -0.368 e. The zero-order valence-electron chi connectivity index (χ0n) is 12.4. The Labute approximate surface area is 120 Å². The highest BCUT2D eigenvalue weighted by Crippen LogP contribution is 2.16. The van der Waals surface area contributed by atoms with Crippen LogP contribution in [-0.2, 0) is 14.3 Å². The van der Waals surface area contributed by atoms with Gasteiger partial charge in [-0.25, -0.2) is 0 Å². The van der Waals surface area contributed by atoms with Gasteiger partial charge in [-0.3, -0.25) is 9.59 Å². The molecule has 2 aliphatic heterocycles. The average molecular weight is 283 g/mol. The molecule has 2 fully saturated rings. The maximum atomic E-state index is 12.2. The summed E-state index contributed by atoms with van der Waals surface area (Å²) in [7, 11) is 0. The first kappa shape index (κ1) is 15.3.